The molecule has 0 fully saturated rings. The highest BCUT2D eigenvalue weighted by atomic mass is 35.5. The predicted octanol–water partition coefficient (Wildman–Crippen LogP) is 4.31. The smallest absolute Gasteiger partial charge is 0.181 e. The predicted molar refractivity (Wildman–Crippen MR) is 82.4 cm³/mol. The summed E-state index contributed by atoms with van der Waals surface area (Å²) < 4.78 is 5.24. The Morgan fingerprint density at radius 2 is 1.95 bits per heavy atom. The number of phenolic OH excluding ortho intramolecular Hbond substituents is 1. The fraction of sp³-hybridized carbons (Fsp3) is 0.0625. The summed E-state index contributed by atoms with van der Waals surface area (Å²) in [5.74, 6) is 0.915. The van der Waals surface area contributed by atoms with Gasteiger partial charge in [-0.2, -0.15) is 0 Å². The Labute approximate surface area is 127 Å². The van der Waals surface area contributed by atoms with Crippen LogP contribution in [0.2, 0.25) is 5.02 Å². The minimum absolute atomic E-state index is 0.188. The van der Waals surface area contributed by atoms with Gasteiger partial charge >= 0.3 is 0 Å². The zero-order valence-electron chi connectivity index (χ0n) is 11.1. The van der Waals surface area contributed by atoms with Crippen LogP contribution in [0.3, 0.4) is 0 Å². The van der Waals surface area contributed by atoms with Gasteiger partial charge in [0.1, 0.15) is 5.75 Å². The first kappa shape index (κ1) is 13.5. The number of hydrogen-bond donors (Lipinski definition) is 2. The summed E-state index contributed by atoms with van der Waals surface area (Å²) in [6, 6.07) is 12.8. The summed E-state index contributed by atoms with van der Waals surface area (Å²) in [7, 11) is 0. The van der Waals surface area contributed by atoms with E-state index in [4.69, 9.17) is 16.0 Å². The number of nitrogens with one attached hydrogen (secondary N) is 1. The van der Waals surface area contributed by atoms with Crippen molar-refractivity contribution in [3.05, 3.63) is 65.6 Å². The van der Waals surface area contributed by atoms with Gasteiger partial charge < -0.3 is 14.8 Å². The van der Waals surface area contributed by atoms with E-state index < -0.39 is 0 Å². The first-order valence-electron chi connectivity index (χ1n) is 6.43. The minimum atomic E-state index is 0.188. The number of nitrogens with zero attached hydrogens (tertiary/aromatic N) is 1. The van der Waals surface area contributed by atoms with Crippen molar-refractivity contribution in [2.24, 2.45) is 0 Å². The molecule has 2 N–H and O–H groups in total. The molecule has 4 nitrogen and oxygen atoms in total. The summed E-state index contributed by atoms with van der Waals surface area (Å²) >= 11 is 6.07. The van der Waals surface area contributed by atoms with Gasteiger partial charge in [0.05, 0.1) is 6.20 Å². The molecule has 1 aromatic heterocycles. The number of aromatic nitrogens is 1. The molecule has 0 radical (unpaired) electrons. The van der Waals surface area contributed by atoms with E-state index in [0.717, 1.165) is 17.0 Å². The monoisotopic (exact) mass is 300 g/mol. The highest BCUT2D eigenvalue weighted by molar-refractivity contribution is 6.31. The van der Waals surface area contributed by atoms with Crippen molar-refractivity contribution in [1.82, 2.24) is 4.98 Å². The molecule has 0 atom stereocenters. The van der Waals surface area contributed by atoms with E-state index in [1.807, 2.05) is 24.3 Å². The van der Waals surface area contributed by atoms with Crippen LogP contribution in [0.5, 0.6) is 5.75 Å². The van der Waals surface area contributed by atoms with Gasteiger partial charge in [-0.25, -0.2) is 4.98 Å². The Hall–Kier alpha value is -2.46. The topological polar surface area (TPSA) is 58.3 Å². The molecule has 21 heavy (non-hydrogen) atoms. The molecule has 1 heterocycles. The Morgan fingerprint density at radius 1 is 1.14 bits per heavy atom. The molecular weight excluding hydrogens is 288 g/mol. The molecular formula is C16H13ClN2O2. The van der Waals surface area contributed by atoms with Crippen molar-refractivity contribution in [2.45, 2.75) is 6.54 Å². The zero-order chi connectivity index (χ0) is 14.7. The first-order chi connectivity index (χ1) is 10.2. The van der Waals surface area contributed by atoms with Crippen LogP contribution < -0.4 is 5.32 Å². The van der Waals surface area contributed by atoms with Crippen molar-refractivity contribution in [1.29, 1.82) is 0 Å². The van der Waals surface area contributed by atoms with E-state index in [2.05, 4.69) is 10.3 Å². The second-order valence-electron chi connectivity index (χ2n) is 4.53. The average molecular weight is 301 g/mol. The summed E-state index contributed by atoms with van der Waals surface area (Å²) in [4.78, 5) is 3.89. The van der Waals surface area contributed by atoms with Gasteiger partial charge in [0.15, 0.2) is 12.2 Å². The first-order valence-corrected chi connectivity index (χ1v) is 6.81. The van der Waals surface area contributed by atoms with E-state index in [1.54, 1.807) is 24.4 Å². The van der Waals surface area contributed by atoms with Crippen LogP contribution in [0.25, 0.3) is 11.3 Å². The molecule has 3 rings (SSSR count). The summed E-state index contributed by atoms with van der Waals surface area (Å²) in [5.41, 5.74) is 2.56. The highest BCUT2D eigenvalue weighted by Gasteiger charge is 2.06. The van der Waals surface area contributed by atoms with Crippen LogP contribution >= 0.6 is 11.6 Å². The number of aromatic hydroxyl groups is 1. The number of oxazole rings is 1. The van der Waals surface area contributed by atoms with Crippen LogP contribution in [0.4, 0.5) is 5.69 Å². The third kappa shape index (κ3) is 3.01. The van der Waals surface area contributed by atoms with Crippen LogP contribution in [0.1, 0.15) is 5.56 Å². The third-order valence-corrected chi connectivity index (χ3v) is 3.52. The normalized spacial score (nSPS) is 10.5. The number of benzene rings is 2. The molecule has 0 spiro atoms. The lowest BCUT2D eigenvalue weighted by atomic mass is 10.1. The van der Waals surface area contributed by atoms with Gasteiger partial charge in [-0.05, 0) is 36.4 Å². The molecule has 106 valence electrons. The Balaban J connectivity index is 1.71. The highest BCUT2D eigenvalue weighted by Crippen LogP contribution is 2.26. The lowest BCUT2D eigenvalue weighted by Gasteiger charge is -2.10. The average Bonchev–Trinajstić information content (AvgIpc) is 3.02. The largest absolute Gasteiger partial charge is 0.508 e. The van der Waals surface area contributed by atoms with E-state index in [-0.39, 0.29) is 5.75 Å². The van der Waals surface area contributed by atoms with Gasteiger partial charge in [0.25, 0.3) is 0 Å². The molecule has 0 amide bonds. The maximum absolute atomic E-state index is 9.79. The number of hydrogen-bond acceptors (Lipinski definition) is 4. The van der Waals surface area contributed by atoms with Crippen LogP contribution in [0, 0.1) is 0 Å². The summed E-state index contributed by atoms with van der Waals surface area (Å²) in [6.07, 6.45) is 3.08. The number of rotatable bonds is 4. The molecule has 0 unspecified atom stereocenters. The third-order valence-electron chi connectivity index (χ3n) is 3.17. The lowest BCUT2D eigenvalue weighted by molar-refractivity contribution is 0.469. The summed E-state index contributed by atoms with van der Waals surface area (Å²) in [6.45, 7) is 0.452. The Morgan fingerprint density at radius 3 is 2.62 bits per heavy atom. The van der Waals surface area contributed by atoms with Gasteiger partial charge in [-0.3, -0.25) is 0 Å². The second kappa shape index (κ2) is 5.89. The molecule has 0 saturated heterocycles. The molecule has 3 aromatic rings. The van der Waals surface area contributed by atoms with Crippen molar-refractivity contribution >= 4 is 17.3 Å². The molecule has 2 aromatic carbocycles. The van der Waals surface area contributed by atoms with Gasteiger partial charge in [0, 0.05) is 28.4 Å². The van der Waals surface area contributed by atoms with Gasteiger partial charge in [-0.1, -0.05) is 17.7 Å². The van der Waals surface area contributed by atoms with Gasteiger partial charge in [-0.15, -0.1) is 0 Å². The van der Waals surface area contributed by atoms with Gasteiger partial charge in [0.2, 0.25) is 0 Å². The Kier molecular flexibility index (Phi) is 3.79. The molecule has 0 bridgehead atoms. The SMILES string of the molecule is Oc1cccc(Cl)c1CNc1ccc(-c2cnco2)cc1. The van der Waals surface area contributed by atoms with Crippen molar-refractivity contribution in [3.63, 3.8) is 0 Å². The molecule has 0 aliphatic rings. The maximum Gasteiger partial charge on any atom is 0.181 e. The van der Waals surface area contributed by atoms with E-state index in [0.29, 0.717) is 17.1 Å². The number of anilines is 1. The fourth-order valence-corrected chi connectivity index (χ4v) is 2.26. The van der Waals surface area contributed by atoms with Crippen LogP contribution in [-0.2, 0) is 6.54 Å². The second-order valence-corrected chi connectivity index (χ2v) is 4.94. The molecule has 0 aliphatic carbocycles. The summed E-state index contributed by atoms with van der Waals surface area (Å²) in [5, 5.41) is 13.6. The van der Waals surface area contributed by atoms with E-state index in [9.17, 15) is 5.11 Å². The number of halogens is 1. The van der Waals surface area contributed by atoms with Crippen molar-refractivity contribution in [2.75, 3.05) is 5.32 Å². The molecule has 5 heteroatoms. The minimum Gasteiger partial charge on any atom is -0.508 e. The standard InChI is InChI=1S/C16H13ClN2O2/c17-14-2-1-3-15(20)13(14)8-19-12-6-4-11(5-7-12)16-9-18-10-21-16/h1-7,9-10,19-20H,8H2. The number of phenols is 1. The van der Waals surface area contributed by atoms with Crippen LogP contribution in [-0.4, -0.2) is 10.1 Å². The zero-order valence-corrected chi connectivity index (χ0v) is 11.8. The molecule has 0 saturated carbocycles. The lowest BCUT2D eigenvalue weighted by Crippen LogP contribution is -2.00. The Bertz CT molecular complexity index is 704. The maximum atomic E-state index is 9.79. The van der Waals surface area contributed by atoms with Crippen molar-refractivity contribution < 1.29 is 9.52 Å². The van der Waals surface area contributed by atoms with E-state index in [1.165, 1.54) is 6.39 Å². The quantitative estimate of drug-likeness (QED) is 0.753. The van der Waals surface area contributed by atoms with Crippen LogP contribution in [0.15, 0.2) is 59.5 Å². The molecule has 0 aliphatic heterocycles. The fourth-order valence-electron chi connectivity index (χ4n) is 2.02. The van der Waals surface area contributed by atoms with E-state index >= 15 is 0 Å². The van der Waals surface area contributed by atoms with Crippen molar-refractivity contribution in [3.8, 4) is 17.1 Å².